The number of rotatable bonds is 5. The molecule has 0 aliphatic rings. The van der Waals surface area contributed by atoms with E-state index in [9.17, 15) is 12.8 Å². The first-order chi connectivity index (χ1) is 8.36. The molecule has 0 amide bonds. The van der Waals surface area contributed by atoms with E-state index in [1.165, 1.54) is 16.4 Å². The molecule has 2 N–H and O–H groups in total. The Kier molecular flexibility index (Phi) is 4.70. The first-order valence-electron chi connectivity index (χ1n) is 5.92. The molecule has 6 heteroatoms. The second kappa shape index (κ2) is 5.67. The topological polar surface area (TPSA) is 63.4 Å². The number of nitrogen functional groups attached to an aromatic ring is 1. The van der Waals surface area contributed by atoms with Gasteiger partial charge in [0.1, 0.15) is 10.7 Å². The lowest BCUT2D eigenvalue weighted by Gasteiger charge is -2.26. The highest BCUT2D eigenvalue weighted by molar-refractivity contribution is 7.89. The molecule has 102 valence electrons. The summed E-state index contributed by atoms with van der Waals surface area (Å²) in [5.74, 6) is -0.712. The van der Waals surface area contributed by atoms with Gasteiger partial charge in [-0.05, 0) is 25.5 Å². The van der Waals surface area contributed by atoms with Gasteiger partial charge in [0.15, 0.2) is 0 Å². The van der Waals surface area contributed by atoms with Gasteiger partial charge in [-0.3, -0.25) is 0 Å². The Balaban J connectivity index is 3.32. The number of nitrogens with zero attached hydrogens (tertiary/aromatic N) is 1. The summed E-state index contributed by atoms with van der Waals surface area (Å²) >= 11 is 0. The molecule has 18 heavy (non-hydrogen) atoms. The number of nitrogens with two attached hydrogens (primary N) is 1. The predicted octanol–water partition coefficient (Wildman–Crippen LogP) is 2.22. The summed E-state index contributed by atoms with van der Waals surface area (Å²) in [7, 11) is -3.75. The molecular weight excluding hydrogens is 255 g/mol. The number of para-hydroxylation sites is 1. The first kappa shape index (κ1) is 14.9. The lowest BCUT2D eigenvalue weighted by Crippen LogP contribution is -2.38. The van der Waals surface area contributed by atoms with E-state index in [0.717, 1.165) is 6.07 Å². The molecule has 1 unspecified atom stereocenters. The smallest absolute Gasteiger partial charge is 0.245 e. The molecule has 1 aromatic carbocycles. The fourth-order valence-corrected chi connectivity index (χ4v) is 3.63. The predicted molar refractivity (Wildman–Crippen MR) is 70.1 cm³/mol. The SMILES string of the molecule is CCC(C)N(CC)S(=O)(=O)c1cccc(F)c1N. The quantitative estimate of drug-likeness (QED) is 0.837. The van der Waals surface area contributed by atoms with Gasteiger partial charge in [0.05, 0.1) is 5.69 Å². The summed E-state index contributed by atoms with van der Waals surface area (Å²) in [6.45, 7) is 5.79. The molecule has 4 nitrogen and oxygen atoms in total. The van der Waals surface area contributed by atoms with Crippen molar-refractivity contribution in [1.29, 1.82) is 0 Å². The molecule has 0 heterocycles. The number of hydrogen-bond acceptors (Lipinski definition) is 3. The Hall–Kier alpha value is -1.14. The lowest BCUT2D eigenvalue weighted by atomic mass is 10.3. The lowest BCUT2D eigenvalue weighted by molar-refractivity contribution is 0.342. The molecule has 0 aromatic heterocycles. The van der Waals surface area contributed by atoms with Crippen molar-refractivity contribution in [3.8, 4) is 0 Å². The van der Waals surface area contributed by atoms with Crippen molar-refractivity contribution in [2.24, 2.45) is 0 Å². The second-order valence-electron chi connectivity index (χ2n) is 4.12. The van der Waals surface area contributed by atoms with E-state index in [4.69, 9.17) is 5.73 Å². The van der Waals surface area contributed by atoms with Crippen LogP contribution in [-0.2, 0) is 10.0 Å². The van der Waals surface area contributed by atoms with Gasteiger partial charge in [-0.1, -0.05) is 19.9 Å². The van der Waals surface area contributed by atoms with Gasteiger partial charge in [0.25, 0.3) is 0 Å². The van der Waals surface area contributed by atoms with E-state index in [1.807, 2.05) is 13.8 Å². The molecule has 0 bridgehead atoms. The summed E-state index contributed by atoms with van der Waals surface area (Å²) in [4.78, 5) is -0.162. The normalized spacial score (nSPS) is 13.8. The molecule has 0 aliphatic carbocycles. The van der Waals surface area contributed by atoms with E-state index < -0.39 is 15.8 Å². The van der Waals surface area contributed by atoms with Crippen LogP contribution >= 0.6 is 0 Å². The molecule has 1 atom stereocenters. The van der Waals surface area contributed by atoms with E-state index in [-0.39, 0.29) is 16.6 Å². The summed E-state index contributed by atoms with van der Waals surface area (Å²) in [6, 6.07) is 3.68. The minimum Gasteiger partial charge on any atom is -0.395 e. The summed E-state index contributed by atoms with van der Waals surface area (Å²) < 4.78 is 39.5. The second-order valence-corrected chi connectivity index (χ2v) is 5.98. The van der Waals surface area contributed by atoms with Gasteiger partial charge in [-0.2, -0.15) is 4.31 Å². The summed E-state index contributed by atoms with van der Waals surface area (Å²) in [5, 5.41) is 0. The monoisotopic (exact) mass is 274 g/mol. The third-order valence-electron chi connectivity index (χ3n) is 2.99. The van der Waals surface area contributed by atoms with Gasteiger partial charge in [0.2, 0.25) is 10.0 Å². The van der Waals surface area contributed by atoms with Crippen LogP contribution in [0.25, 0.3) is 0 Å². The van der Waals surface area contributed by atoms with Gasteiger partial charge in [0, 0.05) is 12.6 Å². The van der Waals surface area contributed by atoms with Crippen molar-refractivity contribution in [1.82, 2.24) is 4.31 Å². The molecular formula is C12H19FN2O2S. The van der Waals surface area contributed by atoms with Crippen LogP contribution in [0.3, 0.4) is 0 Å². The molecule has 1 aromatic rings. The standard InChI is InChI=1S/C12H19FN2O2S/c1-4-9(3)15(5-2)18(16,17)11-8-6-7-10(13)12(11)14/h6-9H,4-5,14H2,1-3H3. The third-order valence-corrected chi connectivity index (χ3v) is 5.14. The third kappa shape index (κ3) is 2.64. The molecule has 0 radical (unpaired) electrons. The Bertz CT molecular complexity index is 517. The van der Waals surface area contributed by atoms with Crippen LogP contribution < -0.4 is 5.73 Å². The van der Waals surface area contributed by atoms with Gasteiger partial charge in [-0.25, -0.2) is 12.8 Å². The number of benzene rings is 1. The maximum absolute atomic E-state index is 13.4. The van der Waals surface area contributed by atoms with Crippen LogP contribution in [0.1, 0.15) is 27.2 Å². The van der Waals surface area contributed by atoms with Crippen molar-refractivity contribution in [2.45, 2.75) is 38.1 Å². The van der Waals surface area contributed by atoms with Crippen molar-refractivity contribution >= 4 is 15.7 Å². The zero-order chi connectivity index (χ0) is 13.9. The maximum atomic E-state index is 13.4. The van der Waals surface area contributed by atoms with E-state index >= 15 is 0 Å². The van der Waals surface area contributed by atoms with Crippen LogP contribution in [0.5, 0.6) is 0 Å². The van der Waals surface area contributed by atoms with Crippen LogP contribution in [0.2, 0.25) is 0 Å². The fraction of sp³-hybridized carbons (Fsp3) is 0.500. The van der Waals surface area contributed by atoms with Crippen LogP contribution in [0.15, 0.2) is 23.1 Å². The minimum atomic E-state index is -3.75. The van der Waals surface area contributed by atoms with Crippen molar-refractivity contribution < 1.29 is 12.8 Å². The van der Waals surface area contributed by atoms with E-state index in [0.29, 0.717) is 13.0 Å². The van der Waals surface area contributed by atoms with E-state index in [2.05, 4.69) is 0 Å². The van der Waals surface area contributed by atoms with Gasteiger partial charge >= 0.3 is 0 Å². The van der Waals surface area contributed by atoms with E-state index in [1.54, 1.807) is 6.92 Å². The highest BCUT2D eigenvalue weighted by Crippen LogP contribution is 2.26. The Morgan fingerprint density at radius 1 is 1.39 bits per heavy atom. The first-order valence-corrected chi connectivity index (χ1v) is 7.36. The average Bonchev–Trinajstić information content (AvgIpc) is 2.32. The number of anilines is 1. The van der Waals surface area contributed by atoms with Crippen LogP contribution in [-0.4, -0.2) is 25.3 Å². The Labute approximate surface area is 108 Å². The summed E-state index contributed by atoms with van der Waals surface area (Å²) in [5.41, 5.74) is 5.20. The maximum Gasteiger partial charge on any atom is 0.245 e. The van der Waals surface area contributed by atoms with Crippen LogP contribution in [0, 0.1) is 5.82 Å². The molecule has 1 rings (SSSR count). The molecule has 0 fully saturated rings. The fourth-order valence-electron chi connectivity index (χ4n) is 1.79. The molecule has 0 spiro atoms. The highest BCUT2D eigenvalue weighted by atomic mass is 32.2. The highest BCUT2D eigenvalue weighted by Gasteiger charge is 2.29. The van der Waals surface area contributed by atoms with Crippen LogP contribution in [0.4, 0.5) is 10.1 Å². The Morgan fingerprint density at radius 2 is 2.00 bits per heavy atom. The Morgan fingerprint density at radius 3 is 2.50 bits per heavy atom. The molecule has 0 saturated heterocycles. The zero-order valence-corrected chi connectivity index (χ0v) is 11.7. The summed E-state index contributed by atoms with van der Waals surface area (Å²) in [6.07, 6.45) is 0.683. The molecule has 0 aliphatic heterocycles. The van der Waals surface area contributed by atoms with Crippen molar-refractivity contribution in [3.63, 3.8) is 0 Å². The number of sulfonamides is 1. The molecule has 0 saturated carbocycles. The largest absolute Gasteiger partial charge is 0.395 e. The van der Waals surface area contributed by atoms with Crippen molar-refractivity contribution in [2.75, 3.05) is 12.3 Å². The number of halogens is 1. The minimum absolute atomic E-state index is 0.150. The number of hydrogen-bond donors (Lipinski definition) is 1. The van der Waals surface area contributed by atoms with Gasteiger partial charge in [-0.15, -0.1) is 0 Å². The zero-order valence-electron chi connectivity index (χ0n) is 10.9. The van der Waals surface area contributed by atoms with Gasteiger partial charge < -0.3 is 5.73 Å². The van der Waals surface area contributed by atoms with Crippen molar-refractivity contribution in [3.05, 3.63) is 24.0 Å². The average molecular weight is 274 g/mol.